The summed E-state index contributed by atoms with van der Waals surface area (Å²) < 4.78 is 0. The molecule has 3 heteroatoms. The van der Waals surface area contributed by atoms with E-state index in [1.807, 2.05) is 25.1 Å². The SMILES string of the molecule is Cc1cc(N)c2cc(NCCc3ccccc3)ccc2n1. The largest absolute Gasteiger partial charge is 0.398 e. The van der Waals surface area contributed by atoms with Crippen LogP contribution < -0.4 is 11.1 Å². The Balaban J connectivity index is 1.73. The van der Waals surface area contributed by atoms with Crippen molar-refractivity contribution in [1.82, 2.24) is 4.98 Å². The van der Waals surface area contributed by atoms with Crippen molar-refractivity contribution >= 4 is 22.3 Å². The summed E-state index contributed by atoms with van der Waals surface area (Å²) in [5.41, 5.74) is 11.2. The summed E-state index contributed by atoms with van der Waals surface area (Å²) in [7, 11) is 0. The molecule has 2 aromatic carbocycles. The van der Waals surface area contributed by atoms with Gasteiger partial charge in [-0.3, -0.25) is 4.98 Å². The first-order valence-electron chi connectivity index (χ1n) is 7.17. The number of benzene rings is 2. The van der Waals surface area contributed by atoms with Crippen LogP contribution in [0.3, 0.4) is 0 Å². The van der Waals surface area contributed by atoms with Gasteiger partial charge in [0, 0.05) is 29.0 Å². The lowest BCUT2D eigenvalue weighted by atomic mass is 10.1. The van der Waals surface area contributed by atoms with Crippen LogP contribution >= 0.6 is 0 Å². The second kappa shape index (κ2) is 5.83. The van der Waals surface area contributed by atoms with E-state index in [1.165, 1.54) is 5.56 Å². The lowest BCUT2D eigenvalue weighted by molar-refractivity contribution is 1.02. The van der Waals surface area contributed by atoms with Crippen LogP contribution in [0.25, 0.3) is 10.9 Å². The van der Waals surface area contributed by atoms with Crippen LogP contribution in [-0.4, -0.2) is 11.5 Å². The van der Waals surface area contributed by atoms with Gasteiger partial charge in [-0.15, -0.1) is 0 Å². The molecule has 0 fully saturated rings. The van der Waals surface area contributed by atoms with E-state index in [1.54, 1.807) is 0 Å². The highest BCUT2D eigenvalue weighted by atomic mass is 14.9. The Labute approximate surface area is 124 Å². The Hall–Kier alpha value is -2.55. The number of nitrogens with zero attached hydrogens (tertiary/aromatic N) is 1. The van der Waals surface area contributed by atoms with Crippen molar-refractivity contribution in [2.24, 2.45) is 0 Å². The number of hydrogen-bond acceptors (Lipinski definition) is 3. The third-order valence-corrected chi connectivity index (χ3v) is 3.55. The summed E-state index contributed by atoms with van der Waals surface area (Å²) in [6.45, 7) is 2.86. The van der Waals surface area contributed by atoms with E-state index in [9.17, 15) is 0 Å². The molecule has 1 heterocycles. The highest BCUT2D eigenvalue weighted by Gasteiger charge is 2.02. The van der Waals surface area contributed by atoms with Crippen molar-refractivity contribution in [3.8, 4) is 0 Å². The van der Waals surface area contributed by atoms with Gasteiger partial charge in [0.15, 0.2) is 0 Å². The Kier molecular flexibility index (Phi) is 3.73. The summed E-state index contributed by atoms with van der Waals surface area (Å²) >= 11 is 0. The first kappa shape index (κ1) is 13.4. The predicted octanol–water partition coefficient (Wildman–Crippen LogP) is 3.78. The molecule has 21 heavy (non-hydrogen) atoms. The van der Waals surface area contributed by atoms with E-state index in [4.69, 9.17) is 5.73 Å². The van der Waals surface area contributed by atoms with E-state index in [2.05, 4.69) is 46.7 Å². The van der Waals surface area contributed by atoms with Crippen LogP contribution in [0.15, 0.2) is 54.6 Å². The van der Waals surface area contributed by atoms with E-state index >= 15 is 0 Å². The van der Waals surface area contributed by atoms with Crippen LogP contribution in [0.5, 0.6) is 0 Å². The second-order valence-electron chi connectivity index (χ2n) is 5.25. The fraction of sp³-hybridized carbons (Fsp3) is 0.167. The summed E-state index contributed by atoms with van der Waals surface area (Å²) in [6.07, 6.45) is 1.00. The molecular formula is C18H19N3. The van der Waals surface area contributed by atoms with Gasteiger partial charge in [-0.05, 0) is 43.2 Å². The number of nitrogen functional groups attached to an aromatic ring is 1. The van der Waals surface area contributed by atoms with E-state index in [-0.39, 0.29) is 0 Å². The van der Waals surface area contributed by atoms with Gasteiger partial charge in [0.1, 0.15) is 0 Å². The van der Waals surface area contributed by atoms with E-state index < -0.39 is 0 Å². The van der Waals surface area contributed by atoms with Crippen LogP contribution in [0, 0.1) is 6.92 Å². The number of fused-ring (bicyclic) bond motifs is 1. The fourth-order valence-electron chi connectivity index (χ4n) is 2.50. The number of nitrogens with two attached hydrogens (primary N) is 1. The topological polar surface area (TPSA) is 50.9 Å². The highest BCUT2D eigenvalue weighted by Crippen LogP contribution is 2.23. The molecule has 3 rings (SSSR count). The molecule has 0 saturated carbocycles. The maximum Gasteiger partial charge on any atom is 0.0727 e. The average Bonchev–Trinajstić information content (AvgIpc) is 2.49. The summed E-state index contributed by atoms with van der Waals surface area (Å²) in [4.78, 5) is 4.50. The van der Waals surface area contributed by atoms with Crippen molar-refractivity contribution in [2.45, 2.75) is 13.3 Å². The van der Waals surface area contributed by atoms with Crippen molar-refractivity contribution in [2.75, 3.05) is 17.6 Å². The second-order valence-corrected chi connectivity index (χ2v) is 5.25. The van der Waals surface area contributed by atoms with Crippen molar-refractivity contribution in [3.05, 3.63) is 65.9 Å². The molecule has 0 bridgehead atoms. The molecule has 0 spiro atoms. The van der Waals surface area contributed by atoms with Gasteiger partial charge in [0.25, 0.3) is 0 Å². The Morgan fingerprint density at radius 1 is 1.05 bits per heavy atom. The number of pyridine rings is 1. The first-order chi connectivity index (χ1) is 10.2. The molecule has 1 aromatic heterocycles. The molecule has 0 atom stereocenters. The Morgan fingerprint density at radius 3 is 2.67 bits per heavy atom. The van der Waals surface area contributed by atoms with Crippen molar-refractivity contribution < 1.29 is 0 Å². The first-order valence-corrected chi connectivity index (χ1v) is 7.17. The van der Waals surface area contributed by atoms with E-state index in [0.717, 1.165) is 40.9 Å². The molecular weight excluding hydrogens is 258 g/mol. The lowest BCUT2D eigenvalue weighted by Gasteiger charge is -2.09. The number of hydrogen-bond donors (Lipinski definition) is 2. The highest BCUT2D eigenvalue weighted by molar-refractivity contribution is 5.92. The van der Waals surface area contributed by atoms with E-state index in [0.29, 0.717) is 0 Å². The van der Waals surface area contributed by atoms with Gasteiger partial charge in [0.2, 0.25) is 0 Å². The van der Waals surface area contributed by atoms with Crippen LogP contribution in [-0.2, 0) is 6.42 Å². The predicted molar refractivity (Wildman–Crippen MR) is 89.5 cm³/mol. The quantitative estimate of drug-likeness (QED) is 0.763. The Bertz CT molecular complexity index is 751. The van der Waals surface area contributed by atoms with Crippen molar-refractivity contribution in [3.63, 3.8) is 0 Å². The van der Waals surface area contributed by atoms with Crippen LogP contribution in [0.1, 0.15) is 11.3 Å². The van der Waals surface area contributed by atoms with Gasteiger partial charge < -0.3 is 11.1 Å². The van der Waals surface area contributed by atoms with Gasteiger partial charge in [-0.1, -0.05) is 30.3 Å². The molecule has 0 amide bonds. The van der Waals surface area contributed by atoms with Gasteiger partial charge in [-0.2, -0.15) is 0 Å². The maximum absolute atomic E-state index is 6.08. The summed E-state index contributed by atoms with van der Waals surface area (Å²) in [5, 5.41) is 4.45. The Morgan fingerprint density at radius 2 is 1.86 bits per heavy atom. The molecule has 3 aromatic rings. The zero-order valence-electron chi connectivity index (χ0n) is 12.1. The molecule has 0 unspecified atom stereocenters. The molecule has 0 radical (unpaired) electrons. The summed E-state index contributed by atoms with van der Waals surface area (Å²) in [5.74, 6) is 0. The minimum atomic E-state index is 0.782. The third kappa shape index (κ3) is 3.14. The molecule has 3 N–H and O–H groups in total. The number of anilines is 2. The standard InChI is InChI=1S/C18H19N3/c1-13-11-17(19)16-12-15(7-8-18(16)21-13)20-10-9-14-5-3-2-4-6-14/h2-8,11-12,20H,9-10H2,1H3,(H2,19,21). The van der Waals surface area contributed by atoms with Gasteiger partial charge in [-0.25, -0.2) is 0 Å². The normalized spacial score (nSPS) is 10.7. The fourth-order valence-corrected chi connectivity index (χ4v) is 2.50. The molecule has 0 saturated heterocycles. The number of aryl methyl sites for hydroxylation is 1. The molecule has 106 valence electrons. The molecule has 3 nitrogen and oxygen atoms in total. The smallest absolute Gasteiger partial charge is 0.0727 e. The third-order valence-electron chi connectivity index (χ3n) is 3.55. The zero-order chi connectivity index (χ0) is 14.7. The minimum absolute atomic E-state index is 0.782. The summed E-state index contributed by atoms with van der Waals surface area (Å²) in [6, 6.07) is 18.5. The van der Waals surface area contributed by atoms with Gasteiger partial charge >= 0.3 is 0 Å². The number of aromatic nitrogens is 1. The monoisotopic (exact) mass is 277 g/mol. The number of rotatable bonds is 4. The molecule has 0 aliphatic heterocycles. The average molecular weight is 277 g/mol. The minimum Gasteiger partial charge on any atom is -0.398 e. The zero-order valence-corrected chi connectivity index (χ0v) is 12.1. The van der Waals surface area contributed by atoms with Crippen molar-refractivity contribution in [1.29, 1.82) is 0 Å². The maximum atomic E-state index is 6.08. The number of nitrogens with one attached hydrogen (secondary N) is 1. The molecule has 0 aliphatic rings. The van der Waals surface area contributed by atoms with Gasteiger partial charge in [0.05, 0.1) is 5.52 Å². The van der Waals surface area contributed by atoms with Crippen LogP contribution in [0.4, 0.5) is 11.4 Å². The van der Waals surface area contributed by atoms with Crippen LogP contribution in [0.2, 0.25) is 0 Å². The lowest BCUT2D eigenvalue weighted by Crippen LogP contribution is -2.05. The molecule has 0 aliphatic carbocycles.